The van der Waals surface area contributed by atoms with E-state index in [2.05, 4.69) is 46.1 Å². The van der Waals surface area contributed by atoms with Crippen molar-refractivity contribution in [2.45, 2.75) is 71.1 Å². The van der Waals surface area contributed by atoms with E-state index in [-0.39, 0.29) is 11.5 Å². The highest BCUT2D eigenvalue weighted by Gasteiger charge is 2.38. The second-order valence-corrected chi connectivity index (χ2v) is 8.29. The van der Waals surface area contributed by atoms with Crippen molar-refractivity contribution < 1.29 is 9.63 Å². The lowest BCUT2D eigenvalue weighted by atomic mass is 9.90. The van der Waals surface area contributed by atoms with E-state index in [4.69, 9.17) is 4.52 Å². The molecule has 1 N–H and O–H groups in total. The fourth-order valence-electron chi connectivity index (χ4n) is 3.02. The van der Waals surface area contributed by atoms with Crippen molar-refractivity contribution in [2.75, 3.05) is 13.1 Å². The van der Waals surface area contributed by atoms with Gasteiger partial charge in [-0.1, -0.05) is 31.1 Å². The first-order valence-corrected chi connectivity index (χ1v) is 8.87. The van der Waals surface area contributed by atoms with E-state index < -0.39 is 5.60 Å². The summed E-state index contributed by atoms with van der Waals surface area (Å²) < 4.78 is 7.16. The fraction of sp³-hybridized carbons (Fsp3) is 0.765. The lowest BCUT2D eigenvalue weighted by Gasteiger charge is -2.37. The van der Waals surface area contributed by atoms with Crippen LogP contribution >= 0.6 is 0 Å². The van der Waals surface area contributed by atoms with Crippen LogP contribution < -0.4 is 0 Å². The molecule has 3 rings (SSSR count). The van der Waals surface area contributed by atoms with E-state index in [9.17, 15) is 5.11 Å². The Balaban J connectivity index is 1.71. The van der Waals surface area contributed by atoms with Crippen LogP contribution in [0.3, 0.4) is 0 Å². The van der Waals surface area contributed by atoms with Crippen LogP contribution in [0.25, 0.3) is 0 Å². The molecule has 1 fully saturated rings. The van der Waals surface area contributed by atoms with Crippen molar-refractivity contribution in [1.82, 2.24) is 30.0 Å². The van der Waals surface area contributed by atoms with Crippen LogP contribution in [-0.2, 0) is 17.6 Å². The van der Waals surface area contributed by atoms with E-state index in [1.807, 2.05) is 20.0 Å². The smallest absolute Gasteiger partial charge is 0.240 e. The first-order valence-electron chi connectivity index (χ1n) is 8.87. The summed E-state index contributed by atoms with van der Waals surface area (Å²) in [4.78, 5) is 6.63. The van der Waals surface area contributed by atoms with Crippen LogP contribution in [0.15, 0.2) is 10.7 Å². The Morgan fingerprint density at radius 1 is 1.36 bits per heavy atom. The third-order valence-electron chi connectivity index (χ3n) is 4.56. The van der Waals surface area contributed by atoms with E-state index in [1.165, 1.54) is 0 Å². The van der Waals surface area contributed by atoms with Crippen molar-refractivity contribution in [3.05, 3.63) is 23.6 Å². The van der Waals surface area contributed by atoms with Gasteiger partial charge in [0.15, 0.2) is 5.82 Å². The number of nitrogens with zero attached hydrogens (tertiary/aromatic N) is 6. The normalized spacial score (nSPS) is 22.7. The molecule has 138 valence electrons. The molecule has 0 aliphatic carbocycles. The van der Waals surface area contributed by atoms with Gasteiger partial charge >= 0.3 is 0 Å². The summed E-state index contributed by atoms with van der Waals surface area (Å²) in [6.45, 7) is 12.1. The number of aromatic nitrogens is 5. The molecular weight excluding hydrogens is 320 g/mol. The molecule has 8 nitrogen and oxygen atoms in total. The molecular formula is C17H28N6O2. The summed E-state index contributed by atoms with van der Waals surface area (Å²) in [6, 6.07) is 0.221. The SMILES string of the molecule is CC(C)n1cc([C@@]2(O)CCCN(Cc3nc(C(C)(C)C)no3)C2)nn1. The molecule has 1 saturated heterocycles. The Kier molecular flexibility index (Phi) is 4.68. The van der Waals surface area contributed by atoms with E-state index in [0.29, 0.717) is 36.9 Å². The Morgan fingerprint density at radius 3 is 2.72 bits per heavy atom. The van der Waals surface area contributed by atoms with Crippen LogP contribution in [0.2, 0.25) is 0 Å². The van der Waals surface area contributed by atoms with Crippen molar-refractivity contribution in [3.63, 3.8) is 0 Å². The molecule has 2 aromatic heterocycles. The minimum atomic E-state index is -0.988. The quantitative estimate of drug-likeness (QED) is 0.903. The van der Waals surface area contributed by atoms with Crippen molar-refractivity contribution in [3.8, 4) is 0 Å². The van der Waals surface area contributed by atoms with Gasteiger partial charge in [0.2, 0.25) is 5.89 Å². The summed E-state index contributed by atoms with van der Waals surface area (Å²) in [5, 5.41) is 23.5. The molecule has 0 amide bonds. The third kappa shape index (κ3) is 3.90. The maximum atomic E-state index is 11.1. The molecule has 0 radical (unpaired) electrons. The van der Waals surface area contributed by atoms with Gasteiger partial charge in [-0.3, -0.25) is 4.90 Å². The van der Waals surface area contributed by atoms with E-state index >= 15 is 0 Å². The van der Waals surface area contributed by atoms with Gasteiger partial charge in [0.25, 0.3) is 0 Å². The second kappa shape index (κ2) is 6.49. The maximum Gasteiger partial charge on any atom is 0.240 e. The molecule has 3 heterocycles. The first kappa shape index (κ1) is 18.0. The topological polar surface area (TPSA) is 93.1 Å². The zero-order chi connectivity index (χ0) is 18.2. The minimum Gasteiger partial charge on any atom is -0.382 e. The molecule has 8 heteroatoms. The summed E-state index contributed by atoms with van der Waals surface area (Å²) in [5.41, 5.74) is -0.496. The van der Waals surface area contributed by atoms with E-state index in [1.54, 1.807) is 4.68 Å². The number of β-amino-alcohol motifs (C(OH)–C–C–N with tert-alkyl or cyclic N) is 1. The van der Waals surface area contributed by atoms with Gasteiger partial charge < -0.3 is 9.63 Å². The summed E-state index contributed by atoms with van der Waals surface area (Å²) in [6.07, 6.45) is 3.40. The van der Waals surface area contributed by atoms with Gasteiger partial charge in [0.1, 0.15) is 11.3 Å². The average Bonchev–Trinajstić information content (AvgIpc) is 3.16. The van der Waals surface area contributed by atoms with E-state index in [0.717, 1.165) is 13.0 Å². The first-order chi connectivity index (χ1) is 11.7. The van der Waals surface area contributed by atoms with Crippen LogP contribution in [0.1, 0.15) is 70.9 Å². The fourth-order valence-corrected chi connectivity index (χ4v) is 3.02. The average molecular weight is 348 g/mol. The highest BCUT2D eigenvalue weighted by Crippen LogP contribution is 2.31. The lowest BCUT2D eigenvalue weighted by molar-refractivity contribution is -0.0436. The summed E-state index contributed by atoms with van der Waals surface area (Å²) in [5.74, 6) is 1.29. The highest BCUT2D eigenvalue weighted by atomic mass is 16.5. The zero-order valence-electron chi connectivity index (χ0n) is 15.7. The number of likely N-dealkylation sites (tertiary alicyclic amines) is 1. The Morgan fingerprint density at radius 2 is 2.12 bits per heavy atom. The molecule has 0 unspecified atom stereocenters. The Labute approximate surface area is 148 Å². The predicted octanol–water partition coefficient (Wildman–Crippen LogP) is 2.02. The third-order valence-corrected chi connectivity index (χ3v) is 4.56. The van der Waals surface area contributed by atoms with Crippen molar-refractivity contribution in [2.24, 2.45) is 0 Å². The molecule has 0 spiro atoms. The summed E-state index contributed by atoms with van der Waals surface area (Å²) >= 11 is 0. The minimum absolute atomic E-state index is 0.139. The molecule has 25 heavy (non-hydrogen) atoms. The number of hydrogen-bond donors (Lipinski definition) is 1. The molecule has 0 bridgehead atoms. The van der Waals surface area contributed by atoms with Crippen molar-refractivity contribution in [1.29, 1.82) is 0 Å². The maximum absolute atomic E-state index is 11.1. The van der Waals surface area contributed by atoms with Gasteiger partial charge in [-0.05, 0) is 33.2 Å². The number of piperidine rings is 1. The van der Waals surface area contributed by atoms with Crippen LogP contribution in [0.5, 0.6) is 0 Å². The standard InChI is InChI=1S/C17H28N6O2/c1-12(2)23-9-13(19-21-23)17(24)7-6-8-22(11-17)10-14-18-15(20-25-14)16(3,4)5/h9,12,24H,6-8,10-11H2,1-5H3/t17-/m1/s1. The van der Waals surface area contributed by atoms with Crippen LogP contribution in [0.4, 0.5) is 0 Å². The predicted molar refractivity (Wildman–Crippen MR) is 91.8 cm³/mol. The molecule has 0 aromatic carbocycles. The largest absolute Gasteiger partial charge is 0.382 e. The van der Waals surface area contributed by atoms with Crippen LogP contribution in [0, 0.1) is 0 Å². The van der Waals surface area contributed by atoms with Gasteiger partial charge in [-0.2, -0.15) is 4.98 Å². The van der Waals surface area contributed by atoms with Crippen LogP contribution in [-0.4, -0.2) is 48.2 Å². The second-order valence-electron chi connectivity index (χ2n) is 8.29. The van der Waals surface area contributed by atoms with Gasteiger partial charge in [0, 0.05) is 18.0 Å². The highest BCUT2D eigenvalue weighted by molar-refractivity contribution is 5.10. The Bertz CT molecular complexity index is 717. The number of aliphatic hydroxyl groups is 1. The van der Waals surface area contributed by atoms with Crippen molar-refractivity contribution >= 4 is 0 Å². The molecule has 1 aliphatic rings. The number of hydrogen-bond acceptors (Lipinski definition) is 7. The van der Waals surface area contributed by atoms with Gasteiger partial charge in [-0.25, -0.2) is 4.68 Å². The Hall–Kier alpha value is -1.80. The molecule has 1 aliphatic heterocycles. The summed E-state index contributed by atoms with van der Waals surface area (Å²) in [7, 11) is 0. The molecule has 1 atom stereocenters. The van der Waals surface area contributed by atoms with Gasteiger partial charge in [0.05, 0.1) is 12.7 Å². The monoisotopic (exact) mass is 348 g/mol. The molecule has 0 saturated carbocycles. The zero-order valence-corrected chi connectivity index (χ0v) is 15.7. The molecule has 2 aromatic rings. The van der Waals surface area contributed by atoms with Gasteiger partial charge in [-0.15, -0.1) is 5.10 Å². The lowest BCUT2D eigenvalue weighted by Crippen LogP contribution is -2.46. The number of rotatable bonds is 4.